The van der Waals surface area contributed by atoms with Gasteiger partial charge in [0.05, 0.1) is 0 Å². The van der Waals surface area contributed by atoms with Crippen molar-refractivity contribution >= 4 is 17.5 Å². The number of aliphatic hydroxyl groups is 1. The Morgan fingerprint density at radius 2 is 1.96 bits per heavy atom. The van der Waals surface area contributed by atoms with Gasteiger partial charge >= 0.3 is 5.97 Å². The van der Waals surface area contributed by atoms with E-state index >= 15 is 0 Å². The number of hydrogen-bond acceptors (Lipinski definition) is 5. The largest absolute Gasteiger partial charge is 0.458 e. The van der Waals surface area contributed by atoms with E-state index in [1.807, 2.05) is 13.8 Å². The summed E-state index contributed by atoms with van der Waals surface area (Å²) in [6, 6.07) is 0. The molecule has 128 valence electrons. The number of Topliss-reactive ketones (excluding diaryl/α,β-unsaturated/α-hetero) is 2. The zero-order valence-corrected chi connectivity index (χ0v) is 14.0. The summed E-state index contributed by atoms with van der Waals surface area (Å²) in [6.45, 7) is 7.69. The molecule has 2 saturated carbocycles. The lowest BCUT2D eigenvalue weighted by Crippen LogP contribution is -2.47. The zero-order valence-electron chi connectivity index (χ0n) is 14.0. The van der Waals surface area contributed by atoms with Crippen molar-refractivity contribution in [2.75, 3.05) is 0 Å². The first-order valence-electron chi connectivity index (χ1n) is 8.59. The normalized spacial score (nSPS) is 44.1. The van der Waals surface area contributed by atoms with Crippen LogP contribution in [0.5, 0.6) is 0 Å². The van der Waals surface area contributed by atoms with Crippen LogP contribution in [0.2, 0.25) is 0 Å². The summed E-state index contributed by atoms with van der Waals surface area (Å²) in [7, 11) is 0. The van der Waals surface area contributed by atoms with E-state index in [4.69, 9.17) is 4.74 Å². The minimum Gasteiger partial charge on any atom is -0.458 e. The summed E-state index contributed by atoms with van der Waals surface area (Å²) < 4.78 is 5.44. The molecule has 0 aromatic heterocycles. The Hall–Kier alpha value is -1.75. The number of fused-ring (bicyclic) bond motifs is 2. The van der Waals surface area contributed by atoms with Gasteiger partial charge in [-0.25, -0.2) is 0 Å². The highest BCUT2D eigenvalue weighted by atomic mass is 16.6. The number of rotatable bonds is 1. The molecule has 1 saturated heterocycles. The van der Waals surface area contributed by atoms with Crippen LogP contribution in [0.25, 0.3) is 0 Å². The highest BCUT2D eigenvalue weighted by Gasteiger charge is 2.73. The SMILES string of the molecule is C=C(C)[C@@H]1CC(=O)C[C@H]2C(=O)C3=C(C)C[C@@H]4OC(=O)[C@@]3([C@@H]2C1)[C@H]4O. The highest BCUT2D eigenvalue weighted by Crippen LogP contribution is 2.63. The van der Waals surface area contributed by atoms with Gasteiger partial charge in [-0.1, -0.05) is 17.7 Å². The smallest absolute Gasteiger partial charge is 0.320 e. The molecule has 4 aliphatic rings. The molecule has 0 amide bonds. The van der Waals surface area contributed by atoms with Gasteiger partial charge in [0.25, 0.3) is 0 Å². The van der Waals surface area contributed by atoms with Gasteiger partial charge in [-0.05, 0) is 32.1 Å². The summed E-state index contributed by atoms with van der Waals surface area (Å²) in [6.07, 6.45) is -0.147. The number of ether oxygens (including phenoxy) is 1. The van der Waals surface area contributed by atoms with Crippen molar-refractivity contribution in [1.82, 2.24) is 0 Å². The number of esters is 1. The van der Waals surface area contributed by atoms with Crippen molar-refractivity contribution in [2.24, 2.45) is 23.2 Å². The van der Waals surface area contributed by atoms with Crippen LogP contribution < -0.4 is 0 Å². The van der Waals surface area contributed by atoms with Crippen LogP contribution in [0.1, 0.15) is 39.5 Å². The van der Waals surface area contributed by atoms with E-state index in [1.165, 1.54) is 0 Å². The molecule has 1 heterocycles. The fourth-order valence-corrected chi connectivity index (χ4v) is 5.48. The first-order valence-corrected chi connectivity index (χ1v) is 8.59. The van der Waals surface area contributed by atoms with E-state index in [1.54, 1.807) is 0 Å². The van der Waals surface area contributed by atoms with Crippen LogP contribution in [0.3, 0.4) is 0 Å². The van der Waals surface area contributed by atoms with E-state index in [9.17, 15) is 19.5 Å². The molecule has 4 rings (SSSR count). The third kappa shape index (κ3) is 1.71. The Morgan fingerprint density at radius 1 is 1.25 bits per heavy atom. The molecule has 6 atom stereocenters. The summed E-state index contributed by atoms with van der Waals surface area (Å²) in [5.74, 6) is -1.54. The van der Waals surface area contributed by atoms with Crippen LogP contribution >= 0.6 is 0 Å². The summed E-state index contributed by atoms with van der Waals surface area (Å²) >= 11 is 0. The molecular formula is C19H22O5. The average Bonchev–Trinajstić information content (AvgIpc) is 2.75. The summed E-state index contributed by atoms with van der Waals surface area (Å²) in [5, 5.41) is 10.9. The molecule has 0 aromatic carbocycles. The van der Waals surface area contributed by atoms with Crippen LogP contribution in [-0.4, -0.2) is 34.9 Å². The van der Waals surface area contributed by atoms with Gasteiger partial charge in [-0.2, -0.15) is 0 Å². The molecule has 0 unspecified atom stereocenters. The van der Waals surface area contributed by atoms with Crippen molar-refractivity contribution in [3.05, 3.63) is 23.3 Å². The van der Waals surface area contributed by atoms with Crippen molar-refractivity contribution in [3.63, 3.8) is 0 Å². The van der Waals surface area contributed by atoms with E-state index in [2.05, 4.69) is 6.58 Å². The van der Waals surface area contributed by atoms with E-state index in [0.717, 1.165) is 11.1 Å². The molecule has 0 aromatic rings. The minimum absolute atomic E-state index is 0.0366. The minimum atomic E-state index is -1.27. The van der Waals surface area contributed by atoms with E-state index in [0.29, 0.717) is 24.8 Å². The zero-order chi connectivity index (χ0) is 17.4. The molecule has 0 radical (unpaired) electrons. The lowest BCUT2D eigenvalue weighted by Gasteiger charge is -2.37. The Balaban J connectivity index is 1.91. The van der Waals surface area contributed by atoms with Crippen molar-refractivity contribution in [2.45, 2.75) is 51.7 Å². The first kappa shape index (κ1) is 15.8. The second-order valence-electron chi connectivity index (χ2n) is 7.92. The monoisotopic (exact) mass is 330 g/mol. The molecular weight excluding hydrogens is 308 g/mol. The van der Waals surface area contributed by atoms with E-state index < -0.39 is 29.5 Å². The lowest BCUT2D eigenvalue weighted by atomic mass is 9.63. The van der Waals surface area contributed by atoms with Gasteiger partial charge in [0.1, 0.15) is 23.4 Å². The Labute approximate surface area is 140 Å². The van der Waals surface area contributed by atoms with E-state index in [-0.39, 0.29) is 29.8 Å². The Morgan fingerprint density at radius 3 is 2.62 bits per heavy atom. The fraction of sp³-hybridized carbons (Fsp3) is 0.632. The van der Waals surface area contributed by atoms with Gasteiger partial charge in [0.15, 0.2) is 5.78 Å². The van der Waals surface area contributed by atoms with Crippen LogP contribution in [0, 0.1) is 23.2 Å². The highest BCUT2D eigenvalue weighted by molar-refractivity contribution is 6.11. The average molecular weight is 330 g/mol. The van der Waals surface area contributed by atoms with Crippen molar-refractivity contribution in [1.29, 1.82) is 0 Å². The number of carbonyl (C=O) groups is 3. The van der Waals surface area contributed by atoms with Gasteiger partial charge in [0, 0.05) is 30.8 Å². The molecule has 3 fully saturated rings. The number of hydrogen-bond donors (Lipinski definition) is 1. The van der Waals surface area contributed by atoms with Crippen LogP contribution in [-0.2, 0) is 19.1 Å². The molecule has 3 aliphatic carbocycles. The van der Waals surface area contributed by atoms with Crippen LogP contribution in [0.4, 0.5) is 0 Å². The number of allylic oxidation sites excluding steroid dienone is 1. The summed E-state index contributed by atoms with van der Waals surface area (Å²) in [4.78, 5) is 38.2. The van der Waals surface area contributed by atoms with Crippen molar-refractivity contribution in [3.8, 4) is 0 Å². The third-order valence-electron chi connectivity index (χ3n) is 6.57. The second-order valence-corrected chi connectivity index (χ2v) is 7.92. The van der Waals surface area contributed by atoms with Gasteiger partial charge in [-0.15, -0.1) is 0 Å². The molecule has 2 bridgehead atoms. The van der Waals surface area contributed by atoms with Gasteiger partial charge in [0.2, 0.25) is 0 Å². The molecule has 24 heavy (non-hydrogen) atoms. The quantitative estimate of drug-likeness (QED) is 0.585. The standard InChI is InChI=1S/C19H22O5/c1-8(2)10-5-11(20)7-12-13(6-10)19-15(16(12)21)9(3)4-14(17(19)22)24-18(19)23/h10,12-14,17,22H,1,4-7H2,2-3H3/t10-,12-,13-,14+,17+,19-/m1/s1. The molecule has 5 heteroatoms. The Bertz CT molecular complexity index is 717. The maximum atomic E-state index is 13.1. The predicted molar refractivity (Wildman–Crippen MR) is 84.8 cm³/mol. The summed E-state index contributed by atoms with van der Waals surface area (Å²) in [5.41, 5.74) is 0.871. The third-order valence-corrected chi connectivity index (χ3v) is 6.57. The van der Waals surface area contributed by atoms with Gasteiger partial charge < -0.3 is 9.84 Å². The maximum Gasteiger partial charge on any atom is 0.320 e. The number of carbonyl (C=O) groups excluding carboxylic acids is 3. The maximum absolute atomic E-state index is 13.1. The molecule has 1 N–H and O–H groups in total. The van der Waals surface area contributed by atoms with Gasteiger partial charge in [-0.3, -0.25) is 14.4 Å². The second kappa shape index (κ2) is 4.88. The molecule has 1 spiro atoms. The predicted octanol–water partition coefficient (Wildman–Crippen LogP) is 1.74. The topological polar surface area (TPSA) is 80.7 Å². The lowest BCUT2D eigenvalue weighted by molar-refractivity contribution is -0.149. The Kier molecular flexibility index (Phi) is 3.21. The number of ketones is 2. The first-order chi connectivity index (χ1) is 11.3. The number of aliphatic hydroxyl groups excluding tert-OH is 1. The van der Waals surface area contributed by atoms with Crippen molar-refractivity contribution < 1.29 is 24.2 Å². The fourth-order valence-electron chi connectivity index (χ4n) is 5.48. The molecule has 5 nitrogen and oxygen atoms in total. The molecule has 1 aliphatic heterocycles. The van der Waals surface area contributed by atoms with Crippen LogP contribution in [0.15, 0.2) is 23.3 Å².